The summed E-state index contributed by atoms with van der Waals surface area (Å²) < 4.78 is 6.44. The van der Waals surface area contributed by atoms with Crippen LogP contribution in [0.5, 0.6) is 5.75 Å². The maximum absolute atomic E-state index is 6.44. The first kappa shape index (κ1) is 15.4. The first-order valence-corrected chi connectivity index (χ1v) is 7.80. The van der Waals surface area contributed by atoms with Gasteiger partial charge >= 0.3 is 0 Å². The highest BCUT2D eigenvalue weighted by atomic mass is 16.5. The van der Waals surface area contributed by atoms with Crippen LogP contribution in [0.1, 0.15) is 70.9 Å². The van der Waals surface area contributed by atoms with Crippen LogP contribution in [0.25, 0.3) is 0 Å². The molecule has 1 aromatic rings. The van der Waals surface area contributed by atoms with Gasteiger partial charge in [-0.2, -0.15) is 0 Å². The van der Waals surface area contributed by atoms with Crippen molar-refractivity contribution in [2.24, 2.45) is 11.1 Å². The van der Waals surface area contributed by atoms with Crippen LogP contribution in [0.4, 0.5) is 0 Å². The second kappa shape index (κ2) is 5.40. The van der Waals surface area contributed by atoms with Gasteiger partial charge in [-0.3, -0.25) is 0 Å². The molecule has 1 fully saturated rings. The van der Waals surface area contributed by atoms with E-state index >= 15 is 0 Å². The minimum absolute atomic E-state index is 0.0678. The predicted octanol–water partition coefficient (Wildman–Crippen LogP) is 4.44. The minimum atomic E-state index is 0.0678. The van der Waals surface area contributed by atoms with Crippen LogP contribution < -0.4 is 10.5 Å². The predicted molar refractivity (Wildman–Crippen MR) is 85.4 cm³/mol. The fraction of sp³-hybridized carbons (Fsp3) is 0.667. The summed E-state index contributed by atoms with van der Waals surface area (Å²) in [6, 6.07) is 6.78. The molecule has 2 unspecified atom stereocenters. The topological polar surface area (TPSA) is 35.2 Å². The van der Waals surface area contributed by atoms with E-state index < -0.39 is 0 Å². The number of benzene rings is 1. The largest absolute Gasteiger partial charge is 0.489 e. The van der Waals surface area contributed by atoms with Crippen LogP contribution in [-0.4, -0.2) is 12.1 Å². The summed E-state index contributed by atoms with van der Waals surface area (Å²) in [5.74, 6) is 2.04. The zero-order valence-electron chi connectivity index (χ0n) is 13.7. The normalized spacial score (nSPS) is 24.9. The Morgan fingerprint density at radius 3 is 1.95 bits per heavy atom. The average molecular weight is 275 g/mol. The summed E-state index contributed by atoms with van der Waals surface area (Å²) in [4.78, 5) is 0. The van der Waals surface area contributed by atoms with E-state index in [1.165, 1.54) is 11.1 Å². The van der Waals surface area contributed by atoms with E-state index in [9.17, 15) is 0 Å². The number of para-hydroxylation sites is 1. The lowest BCUT2D eigenvalue weighted by Crippen LogP contribution is -2.60. The van der Waals surface area contributed by atoms with Gasteiger partial charge in [0.15, 0.2) is 0 Å². The van der Waals surface area contributed by atoms with Crippen molar-refractivity contribution in [2.75, 3.05) is 0 Å². The molecule has 2 heteroatoms. The Balaban J connectivity index is 2.34. The van der Waals surface area contributed by atoms with Gasteiger partial charge in [-0.15, -0.1) is 0 Å². The molecule has 0 saturated heterocycles. The molecule has 2 atom stereocenters. The third kappa shape index (κ3) is 2.58. The van der Waals surface area contributed by atoms with E-state index in [4.69, 9.17) is 10.5 Å². The van der Waals surface area contributed by atoms with Crippen LogP contribution in [0, 0.1) is 5.41 Å². The Morgan fingerprint density at radius 2 is 1.60 bits per heavy atom. The lowest BCUT2D eigenvalue weighted by molar-refractivity contribution is -0.0411. The van der Waals surface area contributed by atoms with Crippen molar-refractivity contribution < 1.29 is 4.74 Å². The van der Waals surface area contributed by atoms with Crippen molar-refractivity contribution in [2.45, 2.75) is 71.9 Å². The number of ether oxygens (including phenoxy) is 1. The van der Waals surface area contributed by atoms with Crippen LogP contribution in [0.15, 0.2) is 18.2 Å². The van der Waals surface area contributed by atoms with Gasteiger partial charge in [-0.1, -0.05) is 59.7 Å². The zero-order valence-corrected chi connectivity index (χ0v) is 13.7. The molecule has 0 aliphatic heterocycles. The van der Waals surface area contributed by atoms with Crippen LogP contribution in [-0.2, 0) is 0 Å². The Labute approximate surface area is 123 Å². The average Bonchev–Trinajstić information content (AvgIpc) is 2.37. The van der Waals surface area contributed by atoms with Crippen molar-refractivity contribution in [1.82, 2.24) is 0 Å². The van der Waals surface area contributed by atoms with Gasteiger partial charge in [-0.25, -0.2) is 0 Å². The molecule has 2 nitrogen and oxygen atoms in total. The van der Waals surface area contributed by atoms with Crippen molar-refractivity contribution in [3.05, 3.63) is 29.3 Å². The molecule has 0 amide bonds. The Bertz CT molecular complexity index is 450. The second-order valence-corrected chi connectivity index (χ2v) is 7.35. The molecule has 1 aliphatic rings. The van der Waals surface area contributed by atoms with E-state index in [0.29, 0.717) is 11.8 Å². The number of nitrogens with two attached hydrogens (primary N) is 1. The molecule has 0 aromatic heterocycles. The SMILES string of the molecule is CC(C)c1cccc(C(C)C)c1OC1CC(N)C1(C)C. The fourth-order valence-corrected chi connectivity index (χ4v) is 2.88. The third-order valence-electron chi connectivity index (χ3n) is 4.83. The van der Waals surface area contributed by atoms with Crippen molar-refractivity contribution >= 4 is 0 Å². The molecule has 1 saturated carbocycles. The van der Waals surface area contributed by atoms with Crippen LogP contribution in [0.2, 0.25) is 0 Å². The van der Waals surface area contributed by atoms with Crippen molar-refractivity contribution in [1.29, 1.82) is 0 Å². The molecular weight excluding hydrogens is 246 g/mol. The molecule has 0 bridgehead atoms. The van der Waals surface area contributed by atoms with E-state index in [2.05, 4.69) is 59.7 Å². The Hall–Kier alpha value is -1.02. The van der Waals surface area contributed by atoms with Gasteiger partial charge in [0.05, 0.1) is 0 Å². The van der Waals surface area contributed by atoms with Gasteiger partial charge in [0.1, 0.15) is 11.9 Å². The highest BCUT2D eigenvalue weighted by molar-refractivity contribution is 5.45. The molecule has 20 heavy (non-hydrogen) atoms. The van der Waals surface area contributed by atoms with E-state index in [0.717, 1.165) is 12.2 Å². The summed E-state index contributed by atoms with van der Waals surface area (Å²) >= 11 is 0. The number of hydrogen-bond acceptors (Lipinski definition) is 2. The Morgan fingerprint density at radius 1 is 1.10 bits per heavy atom. The van der Waals surface area contributed by atoms with Gasteiger partial charge in [0.25, 0.3) is 0 Å². The lowest BCUT2D eigenvalue weighted by Gasteiger charge is -2.50. The highest BCUT2D eigenvalue weighted by Gasteiger charge is 2.48. The molecule has 2 N–H and O–H groups in total. The zero-order chi connectivity index (χ0) is 15.1. The fourth-order valence-electron chi connectivity index (χ4n) is 2.88. The van der Waals surface area contributed by atoms with E-state index in [-0.39, 0.29) is 17.6 Å². The van der Waals surface area contributed by atoms with Gasteiger partial charge < -0.3 is 10.5 Å². The lowest BCUT2D eigenvalue weighted by atomic mass is 9.65. The number of rotatable bonds is 4. The molecule has 0 spiro atoms. The third-order valence-corrected chi connectivity index (χ3v) is 4.83. The molecule has 0 heterocycles. The van der Waals surface area contributed by atoms with Crippen molar-refractivity contribution in [3.8, 4) is 5.75 Å². The van der Waals surface area contributed by atoms with Gasteiger partial charge in [0, 0.05) is 17.9 Å². The van der Waals surface area contributed by atoms with Gasteiger partial charge in [-0.05, 0) is 23.0 Å². The van der Waals surface area contributed by atoms with Crippen molar-refractivity contribution in [3.63, 3.8) is 0 Å². The maximum atomic E-state index is 6.44. The number of hydrogen-bond donors (Lipinski definition) is 1. The highest BCUT2D eigenvalue weighted by Crippen LogP contribution is 2.44. The summed E-state index contributed by atoms with van der Waals surface area (Å²) in [7, 11) is 0. The second-order valence-electron chi connectivity index (χ2n) is 7.35. The Kier molecular flexibility index (Phi) is 4.15. The van der Waals surface area contributed by atoms with E-state index in [1.54, 1.807) is 0 Å². The molecule has 2 rings (SSSR count). The molecule has 0 radical (unpaired) electrons. The molecule has 1 aliphatic carbocycles. The quantitative estimate of drug-likeness (QED) is 0.881. The first-order chi connectivity index (χ1) is 9.25. The van der Waals surface area contributed by atoms with Crippen LogP contribution in [0.3, 0.4) is 0 Å². The maximum Gasteiger partial charge on any atom is 0.126 e. The summed E-state index contributed by atoms with van der Waals surface area (Å²) in [6.07, 6.45) is 1.19. The molecule has 112 valence electrons. The summed E-state index contributed by atoms with van der Waals surface area (Å²) in [6.45, 7) is 13.3. The van der Waals surface area contributed by atoms with E-state index in [1.807, 2.05) is 0 Å². The molecule has 1 aromatic carbocycles. The van der Waals surface area contributed by atoms with Crippen LogP contribution >= 0.6 is 0 Å². The summed E-state index contributed by atoms with van der Waals surface area (Å²) in [5, 5.41) is 0. The smallest absolute Gasteiger partial charge is 0.126 e. The monoisotopic (exact) mass is 275 g/mol. The standard InChI is InChI=1S/C18H29NO/c1-11(2)13-8-7-9-14(12(3)4)17(13)20-16-10-15(19)18(16,5)6/h7-9,11-12,15-16H,10,19H2,1-6H3. The summed E-state index contributed by atoms with van der Waals surface area (Å²) in [5.41, 5.74) is 8.81. The molecular formula is C18H29NO. The first-order valence-electron chi connectivity index (χ1n) is 7.80. The van der Waals surface area contributed by atoms with Gasteiger partial charge in [0.2, 0.25) is 0 Å². The minimum Gasteiger partial charge on any atom is -0.489 e.